The van der Waals surface area contributed by atoms with Gasteiger partial charge in [-0.3, -0.25) is 14.4 Å². The molecule has 0 amide bonds. The third-order valence-electron chi connectivity index (χ3n) is 13.7. The van der Waals surface area contributed by atoms with Gasteiger partial charge in [0.1, 0.15) is 13.2 Å². The maximum atomic E-state index is 12.9. The highest BCUT2D eigenvalue weighted by molar-refractivity contribution is 5.71. The number of carbonyl (C=O) groups is 3. The van der Waals surface area contributed by atoms with Crippen LogP contribution >= 0.6 is 0 Å². The fourth-order valence-corrected chi connectivity index (χ4v) is 8.79. The van der Waals surface area contributed by atoms with Crippen molar-refractivity contribution in [3.63, 3.8) is 0 Å². The van der Waals surface area contributed by atoms with Gasteiger partial charge in [0.15, 0.2) is 6.10 Å². The molecule has 0 spiro atoms. The largest absolute Gasteiger partial charge is 0.462 e. The summed E-state index contributed by atoms with van der Waals surface area (Å²) in [6.07, 6.45) is 102. The van der Waals surface area contributed by atoms with Crippen molar-refractivity contribution < 1.29 is 28.6 Å². The van der Waals surface area contributed by atoms with Crippen molar-refractivity contribution >= 4 is 17.9 Å². The zero-order chi connectivity index (χ0) is 59.9. The van der Waals surface area contributed by atoms with Gasteiger partial charge in [-0.05, 0) is 141 Å². The molecule has 6 nitrogen and oxygen atoms in total. The van der Waals surface area contributed by atoms with Crippen molar-refractivity contribution in [3.8, 4) is 0 Å². The summed E-state index contributed by atoms with van der Waals surface area (Å²) in [6.45, 7) is 6.23. The van der Waals surface area contributed by atoms with Gasteiger partial charge in [0.05, 0.1) is 0 Å². The monoisotopic (exact) mass is 1140 g/mol. The van der Waals surface area contributed by atoms with E-state index >= 15 is 0 Å². The van der Waals surface area contributed by atoms with Crippen LogP contribution in [0.1, 0.15) is 278 Å². The van der Waals surface area contributed by atoms with E-state index in [-0.39, 0.29) is 44.0 Å². The maximum absolute atomic E-state index is 12.9. The zero-order valence-corrected chi connectivity index (χ0v) is 53.4. The Kier molecular flexibility index (Phi) is 64.9. The first kappa shape index (κ1) is 77.8. The lowest BCUT2D eigenvalue weighted by Gasteiger charge is -2.18. The zero-order valence-electron chi connectivity index (χ0n) is 53.4. The normalized spacial score (nSPS) is 13.2. The minimum Gasteiger partial charge on any atom is -0.462 e. The van der Waals surface area contributed by atoms with Gasteiger partial charge >= 0.3 is 17.9 Å². The van der Waals surface area contributed by atoms with Crippen LogP contribution in [0.15, 0.2) is 170 Å². The number of allylic oxidation sites excluding steroid dienone is 28. The second-order valence-corrected chi connectivity index (χ2v) is 21.6. The Labute approximate surface area is 511 Å². The molecule has 83 heavy (non-hydrogen) atoms. The Bertz CT molecular complexity index is 1890. The number of unbranched alkanes of at least 4 members (excludes halogenated alkanes) is 20. The van der Waals surface area contributed by atoms with Crippen LogP contribution in [-0.2, 0) is 28.6 Å². The average Bonchev–Trinajstić information content (AvgIpc) is 3.49. The lowest BCUT2D eigenvalue weighted by molar-refractivity contribution is -0.167. The molecule has 0 bridgehead atoms. The Balaban J connectivity index is 4.42. The molecular weight excluding hydrogens is 1020 g/mol. The van der Waals surface area contributed by atoms with E-state index in [1.165, 1.54) is 89.9 Å². The quantitative estimate of drug-likeness (QED) is 0.0261. The summed E-state index contributed by atoms with van der Waals surface area (Å²) in [4.78, 5) is 38.4. The van der Waals surface area contributed by atoms with E-state index in [0.29, 0.717) is 19.3 Å². The van der Waals surface area contributed by atoms with Gasteiger partial charge in [0.2, 0.25) is 0 Å². The molecule has 1 atom stereocenters. The average molecular weight is 1140 g/mol. The second kappa shape index (κ2) is 69.3. The minimum absolute atomic E-state index is 0.115. The first-order valence-electron chi connectivity index (χ1n) is 33.6. The number of hydrogen-bond acceptors (Lipinski definition) is 6. The summed E-state index contributed by atoms with van der Waals surface area (Å²) in [6, 6.07) is 0. The summed E-state index contributed by atoms with van der Waals surface area (Å²) < 4.78 is 16.9. The van der Waals surface area contributed by atoms with Crippen molar-refractivity contribution in [2.24, 2.45) is 0 Å². The highest BCUT2D eigenvalue weighted by Crippen LogP contribution is 2.16. The van der Waals surface area contributed by atoms with Crippen LogP contribution in [0.5, 0.6) is 0 Å². The SMILES string of the molecule is CC/C=C\C/C=C\C/C=C\C/C=C\C/C=C\CCCCCC(=O)OC(COC(=O)CCC/C=C\C/C=C\C/C=C\C/C=C\C/C=C\CC)COC(=O)CCCCCCCCCCCCCCCCCC/C=C\C/C=C\C/C=C\C/C=C\CC. The Morgan fingerprint density at radius 1 is 0.241 bits per heavy atom. The molecule has 0 aromatic heterocycles. The summed E-state index contributed by atoms with van der Waals surface area (Å²) in [5, 5.41) is 0. The van der Waals surface area contributed by atoms with Gasteiger partial charge < -0.3 is 14.2 Å². The smallest absolute Gasteiger partial charge is 0.306 e. The molecule has 0 saturated heterocycles. The van der Waals surface area contributed by atoms with Crippen LogP contribution in [0, 0.1) is 0 Å². The van der Waals surface area contributed by atoms with Crippen molar-refractivity contribution in [2.75, 3.05) is 13.2 Å². The van der Waals surface area contributed by atoms with Crippen molar-refractivity contribution in [2.45, 2.75) is 284 Å². The highest BCUT2D eigenvalue weighted by atomic mass is 16.6. The summed E-state index contributed by atoms with van der Waals surface area (Å²) >= 11 is 0. The molecule has 466 valence electrons. The van der Waals surface area contributed by atoms with E-state index < -0.39 is 6.10 Å². The van der Waals surface area contributed by atoms with Crippen LogP contribution in [0.2, 0.25) is 0 Å². The minimum atomic E-state index is -0.828. The Morgan fingerprint density at radius 2 is 0.446 bits per heavy atom. The molecule has 1 unspecified atom stereocenters. The van der Waals surface area contributed by atoms with E-state index in [1.807, 2.05) is 0 Å². The number of carbonyl (C=O) groups excluding carboxylic acids is 3. The van der Waals surface area contributed by atoms with E-state index in [1.54, 1.807) is 0 Å². The van der Waals surface area contributed by atoms with Gasteiger partial charge in [0.25, 0.3) is 0 Å². The van der Waals surface area contributed by atoms with Crippen LogP contribution < -0.4 is 0 Å². The first-order chi connectivity index (χ1) is 41.0. The molecule has 0 N–H and O–H groups in total. The third-order valence-corrected chi connectivity index (χ3v) is 13.7. The predicted molar refractivity (Wildman–Crippen MR) is 361 cm³/mol. The van der Waals surface area contributed by atoms with Crippen LogP contribution in [-0.4, -0.2) is 37.2 Å². The Hall–Kier alpha value is -5.23. The fraction of sp³-hybridized carbons (Fsp3) is 0.597. The summed E-state index contributed by atoms with van der Waals surface area (Å²) in [7, 11) is 0. The molecule has 6 heteroatoms. The molecular formula is C77H122O6. The van der Waals surface area contributed by atoms with Crippen molar-refractivity contribution in [1.29, 1.82) is 0 Å². The predicted octanol–water partition coefficient (Wildman–Crippen LogP) is 23.4. The molecule has 0 heterocycles. The molecule has 0 aromatic rings. The molecule has 0 saturated carbocycles. The van der Waals surface area contributed by atoms with Crippen LogP contribution in [0.25, 0.3) is 0 Å². The highest BCUT2D eigenvalue weighted by Gasteiger charge is 2.19. The van der Waals surface area contributed by atoms with Gasteiger partial charge in [0, 0.05) is 19.3 Å². The van der Waals surface area contributed by atoms with E-state index in [9.17, 15) is 14.4 Å². The first-order valence-corrected chi connectivity index (χ1v) is 33.6. The van der Waals surface area contributed by atoms with Gasteiger partial charge in [-0.2, -0.15) is 0 Å². The summed E-state index contributed by atoms with van der Waals surface area (Å²) in [5.74, 6) is -1.01. The molecule has 0 aliphatic heterocycles. The lowest BCUT2D eigenvalue weighted by Crippen LogP contribution is -2.30. The van der Waals surface area contributed by atoms with Gasteiger partial charge in [-0.1, -0.05) is 287 Å². The maximum Gasteiger partial charge on any atom is 0.306 e. The molecule has 0 rings (SSSR count). The van der Waals surface area contributed by atoms with E-state index in [2.05, 4.69) is 191 Å². The van der Waals surface area contributed by atoms with Gasteiger partial charge in [-0.15, -0.1) is 0 Å². The van der Waals surface area contributed by atoms with Crippen molar-refractivity contribution in [1.82, 2.24) is 0 Å². The van der Waals surface area contributed by atoms with Crippen LogP contribution in [0.3, 0.4) is 0 Å². The lowest BCUT2D eigenvalue weighted by atomic mass is 10.0. The molecule has 0 aliphatic carbocycles. The fourth-order valence-electron chi connectivity index (χ4n) is 8.79. The number of esters is 3. The third kappa shape index (κ3) is 67.4. The Morgan fingerprint density at radius 3 is 0.735 bits per heavy atom. The second-order valence-electron chi connectivity index (χ2n) is 21.6. The van der Waals surface area contributed by atoms with E-state index in [0.717, 1.165) is 135 Å². The topological polar surface area (TPSA) is 78.9 Å². The number of hydrogen-bond donors (Lipinski definition) is 0. The standard InChI is InChI=1S/C77H122O6/c1-4-7-10-13-16-19-22-25-28-31-33-34-35-36-37-38-39-40-41-42-44-46-49-52-55-58-61-64-67-70-76(79)82-73-74(72-81-75(78)69-66-63-60-57-54-51-48-45-30-27-24-21-18-15-12-9-6-3)83-77(80)71-68-65-62-59-56-53-50-47-43-32-29-26-23-20-17-14-11-8-5-2/h7-12,16-21,25-30,33-34,43,47-48,51,53,56-57,60,74H,4-6,13-15,22-24,31-32,35-42,44-46,49-50,52,54-55,58-59,61-73H2,1-3H3/b10-7-,11-8-,12-9-,19-16-,20-17-,21-18-,28-25-,29-26-,30-27-,34-33-,47-43-,51-48-,56-53-,60-57-. The van der Waals surface area contributed by atoms with Gasteiger partial charge in [-0.25, -0.2) is 0 Å². The van der Waals surface area contributed by atoms with Crippen molar-refractivity contribution in [3.05, 3.63) is 170 Å². The number of rotatable bonds is 59. The molecule has 0 aliphatic rings. The molecule has 0 fully saturated rings. The summed E-state index contributed by atoms with van der Waals surface area (Å²) in [5.41, 5.74) is 0. The molecule has 0 aromatic carbocycles. The molecule has 0 radical (unpaired) electrons. The van der Waals surface area contributed by atoms with E-state index in [4.69, 9.17) is 14.2 Å². The number of ether oxygens (including phenoxy) is 3. The van der Waals surface area contributed by atoms with Crippen LogP contribution in [0.4, 0.5) is 0 Å².